The molecule has 0 bridgehead atoms. The molecule has 2 saturated heterocycles. The molecule has 2 aromatic rings. The Kier molecular flexibility index (Phi) is 6.07. The van der Waals surface area contributed by atoms with E-state index in [1.165, 1.54) is 29.5 Å². The van der Waals surface area contributed by atoms with Crippen LogP contribution < -0.4 is 10.2 Å². The first kappa shape index (κ1) is 19.2. The minimum absolute atomic E-state index is 0.423. The van der Waals surface area contributed by atoms with Gasteiger partial charge in [-0.25, -0.2) is 4.98 Å². The van der Waals surface area contributed by atoms with Crippen LogP contribution >= 0.6 is 0 Å². The lowest BCUT2D eigenvalue weighted by Crippen LogP contribution is -2.42. The van der Waals surface area contributed by atoms with Gasteiger partial charge in [-0.3, -0.25) is 4.90 Å². The van der Waals surface area contributed by atoms with Crippen LogP contribution in [-0.4, -0.2) is 60.3 Å². The van der Waals surface area contributed by atoms with E-state index in [9.17, 15) is 0 Å². The third-order valence-corrected chi connectivity index (χ3v) is 5.69. The van der Waals surface area contributed by atoms with Crippen LogP contribution in [-0.2, 0) is 11.3 Å². The number of morpholine rings is 1. The molecule has 6 nitrogen and oxygen atoms in total. The molecule has 0 amide bonds. The van der Waals surface area contributed by atoms with E-state index in [0.717, 1.165) is 57.7 Å². The van der Waals surface area contributed by atoms with Crippen molar-refractivity contribution in [1.82, 2.24) is 14.9 Å². The van der Waals surface area contributed by atoms with E-state index in [0.29, 0.717) is 6.04 Å². The SMILES string of the molecule is Cc1ccc(C)c(CN2CCCC(Nc3ccnc(N4CCOCC4)n3)C2)c1. The van der Waals surface area contributed by atoms with Crippen LogP contribution in [0.25, 0.3) is 0 Å². The van der Waals surface area contributed by atoms with Crippen molar-refractivity contribution in [2.75, 3.05) is 49.6 Å². The summed E-state index contributed by atoms with van der Waals surface area (Å²) in [6.07, 6.45) is 4.25. The van der Waals surface area contributed by atoms with Crippen molar-refractivity contribution in [1.29, 1.82) is 0 Å². The average molecular weight is 382 g/mol. The molecule has 2 aliphatic rings. The quantitative estimate of drug-likeness (QED) is 0.859. The summed E-state index contributed by atoms with van der Waals surface area (Å²) in [5.41, 5.74) is 4.16. The highest BCUT2D eigenvalue weighted by molar-refractivity contribution is 5.42. The molecule has 1 atom stereocenters. The van der Waals surface area contributed by atoms with Crippen LogP contribution in [0.5, 0.6) is 0 Å². The van der Waals surface area contributed by atoms with Crippen molar-refractivity contribution < 1.29 is 4.74 Å². The summed E-state index contributed by atoms with van der Waals surface area (Å²) in [7, 11) is 0. The Labute approximate surface area is 167 Å². The first-order valence-corrected chi connectivity index (χ1v) is 10.4. The Hall–Kier alpha value is -2.18. The predicted octanol–water partition coefficient (Wildman–Crippen LogP) is 3.01. The van der Waals surface area contributed by atoms with Crippen LogP contribution in [0.1, 0.15) is 29.5 Å². The number of likely N-dealkylation sites (tertiary alicyclic amines) is 1. The third kappa shape index (κ3) is 4.80. The Morgan fingerprint density at radius 3 is 2.86 bits per heavy atom. The van der Waals surface area contributed by atoms with Crippen molar-refractivity contribution in [3.05, 3.63) is 47.2 Å². The van der Waals surface area contributed by atoms with Gasteiger partial charge in [0, 0.05) is 38.4 Å². The number of ether oxygens (including phenoxy) is 1. The maximum Gasteiger partial charge on any atom is 0.227 e. The number of aromatic nitrogens is 2. The van der Waals surface area contributed by atoms with E-state index < -0.39 is 0 Å². The van der Waals surface area contributed by atoms with Crippen LogP contribution in [0.3, 0.4) is 0 Å². The topological polar surface area (TPSA) is 53.5 Å². The normalized spacial score (nSPS) is 20.9. The Bertz CT molecular complexity index is 790. The third-order valence-electron chi connectivity index (χ3n) is 5.69. The molecule has 0 aliphatic carbocycles. The fourth-order valence-electron chi connectivity index (χ4n) is 4.08. The van der Waals surface area contributed by atoms with E-state index >= 15 is 0 Å². The van der Waals surface area contributed by atoms with Gasteiger partial charge in [-0.2, -0.15) is 4.98 Å². The van der Waals surface area contributed by atoms with Gasteiger partial charge in [0.25, 0.3) is 0 Å². The number of hydrogen-bond donors (Lipinski definition) is 1. The zero-order chi connectivity index (χ0) is 19.3. The van der Waals surface area contributed by atoms with Gasteiger partial charge in [0.05, 0.1) is 13.2 Å². The second-order valence-corrected chi connectivity index (χ2v) is 7.99. The average Bonchev–Trinajstić information content (AvgIpc) is 2.72. The van der Waals surface area contributed by atoms with E-state index in [2.05, 4.69) is 52.1 Å². The molecule has 1 N–H and O–H groups in total. The number of anilines is 2. The smallest absolute Gasteiger partial charge is 0.227 e. The first-order chi connectivity index (χ1) is 13.7. The highest BCUT2D eigenvalue weighted by Gasteiger charge is 2.21. The Morgan fingerprint density at radius 2 is 2.00 bits per heavy atom. The lowest BCUT2D eigenvalue weighted by atomic mass is 10.0. The molecule has 28 heavy (non-hydrogen) atoms. The largest absolute Gasteiger partial charge is 0.378 e. The molecule has 3 heterocycles. The second-order valence-electron chi connectivity index (χ2n) is 7.99. The van der Waals surface area contributed by atoms with Crippen LogP contribution in [0.2, 0.25) is 0 Å². The maximum atomic E-state index is 5.43. The standard InChI is InChI=1S/C22H31N5O/c1-17-5-6-18(2)19(14-17)15-26-9-3-4-20(16-26)24-21-7-8-23-22(25-21)27-10-12-28-13-11-27/h5-8,14,20H,3-4,9-13,15-16H2,1-2H3,(H,23,24,25). The number of aryl methyl sites for hydroxylation is 2. The molecule has 1 aromatic heterocycles. The number of rotatable bonds is 5. The number of benzene rings is 1. The number of nitrogens with one attached hydrogen (secondary N) is 1. The summed E-state index contributed by atoms with van der Waals surface area (Å²) >= 11 is 0. The van der Waals surface area contributed by atoms with Gasteiger partial charge in [0.15, 0.2) is 0 Å². The van der Waals surface area contributed by atoms with Gasteiger partial charge in [-0.1, -0.05) is 23.8 Å². The van der Waals surface area contributed by atoms with Gasteiger partial charge in [0.1, 0.15) is 5.82 Å². The van der Waals surface area contributed by atoms with Gasteiger partial charge >= 0.3 is 0 Å². The molecule has 2 fully saturated rings. The predicted molar refractivity (Wildman–Crippen MR) is 113 cm³/mol. The minimum atomic E-state index is 0.423. The van der Waals surface area contributed by atoms with Crippen LogP contribution in [0.4, 0.5) is 11.8 Å². The highest BCUT2D eigenvalue weighted by Crippen LogP contribution is 2.20. The van der Waals surface area contributed by atoms with Gasteiger partial charge < -0.3 is 15.0 Å². The number of nitrogens with zero attached hydrogens (tertiary/aromatic N) is 4. The molecular weight excluding hydrogens is 350 g/mol. The molecule has 0 radical (unpaired) electrons. The maximum absolute atomic E-state index is 5.43. The second kappa shape index (κ2) is 8.88. The van der Waals surface area contributed by atoms with E-state index in [1.807, 2.05) is 12.3 Å². The van der Waals surface area contributed by atoms with Gasteiger partial charge in [0.2, 0.25) is 5.95 Å². The van der Waals surface area contributed by atoms with Crippen molar-refractivity contribution in [3.8, 4) is 0 Å². The van der Waals surface area contributed by atoms with Crippen LogP contribution in [0.15, 0.2) is 30.5 Å². The van der Waals surface area contributed by atoms with Crippen LogP contribution in [0, 0.1) is 13.8 Å². The van der Waals surface area contributed by atoms with Crippen molar-refractivity contribution in [2.45, 2.75) is 39.3 Å². The molecule has 6 heteroatoms. The molecule has 150 valence electrons. The van der Waals surface area contributed by atoms with Crippen molar-refractivity contribution in [2.24, 2.45) is 0 Å². The van der Waals surface area contributed by atoms with Gasteiger partial charge in [-0.15, -0.1) is 0 Å². The fraction of sp³-hybridized carbons (Fsp3) is 0.545. The van der Waals surface area contributed by atoms with Crippen molar-refractivity contribution in [3.63, 3.8) is 0 Å². The Balaban J connectivity index is 1.38. The number of hydrogen-bond acceptors (Lipinski definition) is 6. The molecule has 4 rings (SSSR count). The highest BCUT2D eigenvalue weighted by atomic mass is 16.5. The molecule has 2 aliphatic heterocycles. The minimum Gasteiger partial charge on any atom is -0.378 e. The van der Waals surface area contributed by atoms with E-state index in [4.69, 9.17) is 9.72 Å². The zero-order valence-electron chi connectivity index (χ0n) is 17.0. The monoisotopic (exact) mass is 381 g/mol. The summed E-state index contributed by atoms with van der Waals surface area (Å²) < 4.78 is 5.43. The summed E-state index contributed by atoms with van der Waals surface area (Å²) in [6, 6.07) is 9.16. The lowest BCUT2D eigenvalue weighted by Gasteiger charge is -2.34. The lowest BCUT2D eigenvalue weighted by molar-refractivity contribution is 0.122. The summed E-state index contributed by atoms with van der Waals surface area (Å²) in [5.74, 6) is 1.73. The van der Waals surface area contributed by atoms with E-state index in [1.54, 1.807) is 0 Å². The summed E-state index contributed by atoms with van der Waals surface area (Å²) in [5, 5.41) is 3.65. The van der Waals surface area contributed by atoms with E-state index in [-0.39, 0.29) is 0 Å². The zero-order valence-corrected chi connectivity index (χ0v) is 17.0. The molecule has 1 unspecified atom stereocenters. The molecule has 0 saturated carbocycles. The molecule has 0 spiro atoms. The number of piperidine rings is 1. The summed E-state index contributed by atoms with van der Waals surface area (Å²) in [4.78, 5) is 14.0. The summed E-state index contributed by atoms with van der Waals surface area (Å²) in [6.45, 7) is 10.8. The molecular formula is C22H31N5O. The first-order valence-electron chi connectivity index (χ1n) is 10.4. The van der Waals surface area contributed by atoms with Gasteiger partial charge in [-0.05, 0) is 50.4 Å². The fourth-order valence-corrected chi connectivity index (χ4v) is 4.08. The Morgan fingerprint density at radius 1 is 1.14 bits per heavy atom. The van der Waals surface area contributed by atoms with Crippen molar-refractivity contribution >= 4 is 11.8 Å². The molecule has 1 aromatic carbocycles.